The zero-order valence-corrected chi connectivity index (χ0v) is 7.71. The molecular formula is C10H7N3O2. The Bertz CT molecular complexity index is 479. The van der Waals surface area contributed by atoms with Gasteiger partial charge in [-0.1, -0.05) is 17.0 Å². The van der Waals surface area contributed by atoms with Crippen LogP contribution in [0.25, 0.3) is 10.4 Å². The Kier molecular flexibility index (Phi) is 3.78. The second kappa shape index (κ2) is 5.32. The summed E-state index contributed by atoms with van der Waals surface area (Å²) in [5.74, 6) is 5.22. The van der Waals surface area contributed by atoms with Crippen LogP contribution in [0, 0.1) is 11.8 Å². The largest absolute Gasteiger partial charge is 0.507 e. The number of azide groups is 1. The van der Waals surface area contributed by atoms with Crippen LogP contribution in [-0.2, 0) is 0 Å². The van der Waals surface area contributed by atoms with Gasteiger partial charge in [0.1, 0.15) is 5.75 Å². The number of hydrogen-bond donors (Lipinski definition) is 1. The number of carbonyl (C=O) groups excluding carboxylic acids is 1. The minimum Gasteiger partial charge on any atom is -0.507 e. The van der Waals surface area contributed by atoms with E-state index in [1.165, 1.54) is 12.1 Å². The van der Waals surface area contributed by atoms with Crippen molar-refractivity contribution < 1.29 is 9.90 Å². The number of phenols is 1. The van der Waals surface area contributed by atoms with E-state index in [0.29, 0.717) is 11.8 Å². The predicted octanol–water partition coefficient (Wildman–Crippen LogP) is 1.87. The van der Waals surface area contributed by atoms with Gasteiger partial charge in [-0.3, -0.25) is 4.79 Å². The second-order valence-electron chi connectivity index (χ2n) is 2.58. The van der Waals surface area contributed by atoms with Gasteiger partial charge in [0.25, 0.3) is 0 Å². The number of aldehydes is 1. The Morgan fingerprint density at radius 1 is 1.60 bits per heavy atom. The maximum atomic E-state index is 10.5. The fraction of sp³-hybridized carbons (Fsp3) is 0.100. The van der Waals surface area contributed by atoms with E-state index in [1.54, 1.807) is 6.07 Å². The lowest BCUT2D eigenvalue weighted by Crippen LogP contribution is -1.83. The monoisotopic (exact) mass is 201 g/mol. The molecule has 1 aromatic rings. The first kappa shape index (κ1) is 10.6. The molecule has 1 rings (SSSR count). The summed E-state index contributed by atoms with van der Waals surface area (Å²) in [7, 11) is 0. The van der Waals surface area contributed by atoms with Gasteiger partial charge in [-0.05, 0) is 23.7 Å². The molecule has 0 atom stereocenters. The number of aromatic hydroxyl groups is 1. The maximum absolute atomic E-state index is 10.5. The van der Waals surface area contributed by atoms with E-state index in [0.717, 1.165) is 0 Å². The summed E-state index contributed by atoms with van der Waals surface area (Å²) in [6.07, 6.45) is 0.550. The molecule has 0 bridgehead atoms. The van der Waals surface area contributed by atoms with Crippen molar-refractivity contribution in [3.05, 3.63) is 39.8 Å². The van der Waals surface area contributed by atoms with Crippen molar-refractivity contribution in [2.24, 2.45) is 5.11 Å². The Balaban J connectivity index is 2.90. The SMILES string of the molecule is [N-]=[N+]=NCC#Cc1ccc(O)c(C=O)c1. The molecule has 0 saturated carbocycles. The standard InChI is InChI=1S/C10H7N3O2/c11-13-12-5-1-2-8-3-4-10(15)9(6-8)7-14/h3-4,6-7,15H,5H2. The zero-order valence-electron chi connectivity index (χ0n) is 7.71. The molecular weight excluding hydrogens is 194 g/mol. The lowest BCUT2D eigenvalue weighted by Gasteiger charge is -1.96. The van der Waals surface area contributed by atoms with Crippen LogP contribution in [0.4, 0.5) is 0 Å². The van der Waals surface area contributed by atoms with E-state index in [4.69, 9.17) is 5.53 Å². The van der Waals surface area contributed by atoms with E-state index < -0.39 is 0 Å². The molecule has 0 aromatic heterocycles. The van der Waals surface area contributed by atoms with Crippen LogP contribution in [0.5, 0.6) is 5.75 Å². The summed E-state index contributed by atoms with van der Waals surface area (Å²) in [6, 6.07) is 4.43. The third-order valence-corrected chi connectivity index (χ3v) is 1.60. The fourth-order valence-corrected chi connectivity index (χ4v) is 0.935. The molecule has 0 aliphatic carbocycles. The van der Waals surface area contributed by atoms with Crippen LogP contribution < -0.4 is 0 Å². The van der Waals surface area contributed by atoms with Crippen LogP contribution in [0.2, 0.25) is 0 Å². The van der Waals surface area contributed by atoms with Crippen LogP contribution in [0.3, 0.4) is 0 Å². The van der Waals surface area contributed by atoms with E-state index in [2.05, 4.69) is 21.9 Å². The van der Waals surface area contributed by atoms with Crippen molar-refractivity contribution >= 4 is 6.29 Å². The highest BCUT2D eigenvalue weighted by atomic mass is 16.3. The quantitative estimate of drug-likeness (QED) is 0.260. The van der Waals surface area contributed by atoms with Crippen LogP contribution >= 0.6 is 0 Å². The number of hydrogen-bond acceptors (Lipinski definition) is 3. The van der Waals surface area contributed by atoms with E-state index in [9.17, 15) is 9.90 Å². The molecule has 5 heteroatoms. The van der Waals surface area contributed by atoms with E-state index in [1.807, 2.05) is 0 Å². The molecule has 0 fully saturated rings. The van der Waals surface area contributed by atoms with Crippen molar-refractivity contribution in [2.45, 2.75) is 0 Å². The van der Waals surface area contributed by atoms with Crippen LogP contribution in [-0.4, -0.2) is 17.9 Å². The van der Waals surface area contributed by atoms with Gasteiger partial charge in [-0.15, -0.1) is 0 Å². The van der Waals surface area contributed by atoms with Crippen LogP contribution in [0.1, 0.15) is 15.9 Å². The number of rotatable bonds is 2. The fourth-order valence-electron chi connectivity index (χ4n) is 0.935. The van der Waals surface area contributed by atoms with Gasteiger partial charge in [0.15, 0.2) is 6.29 Å². The third kappa shape index (κ3) is 3.07. The highest BCUT2D eigenvalue weighted by Gasteiger charge is 1.98. The topological polar surface area (TPSA) is 86.1 Å². The summed E-state index contributed by atoms with van der Waals surface area (Å²) >= 11 is 0. The maximum Gasteiger partial charge on any atom is 0.153 e. The van der Waals surface area contributed by atoms with Crippen molar-refractivity contribution in [1.82, 2.24) is 0 Å². The summed E-state index contributed by atoms with van der Waals surface area (Å²) < 4.78 is 0. The van der Waals surface area contributed by atoms with Crippen molar-refractivity contribution in [1.29, 1.82) is 0 Å². The highest BCUT2D eigenvalue weighted by molar-refractivity contribution is 5.79. The normalized spacial score (nSPS) is 8.27. The average molecular weight is 201 g/mol. The number of phenolic OH excluding ortho intramolecular Hbond substituents is 1. The summed E-state index contributed by atoms with van der Waals surface area (Å²) in [5.41, 5.74) is 8.77. The Morgan fingerprint density at radius 2 is 2.40 bits per heavy atom. The zero-order chi connectivity index (χ0) is 11.1. The smallest absolute Gasteiger partial charge is 0.153 e. The summed E-state index contributed by atoms with van der Waals surface area (Å²) in [5, 5.41) is 12.4. The minimum absolute atomic E-state index is 0.0772. The number of benzene rings is 1. The van der Waals surface area contributed by atoms with Gasteiger partial charge < -0.3 is 5.11 Å². The van der Waals surface area contributed by atoms with E-state index in [-0.39, 0.29) is 17.9 Å². The Hall–Kier alpha value is -2.44. The predicted molar refractivity (Wildman–Crippen MR) is 54.4 cm³/mol. The molecule has 5 nitrogen and oxygen atoms in total. The summed E-state index contributed by atoms with van der Waals surface area (Å²) in [4.78, 5) is 13.0. The van der Waals surface area contributed by atoms with Crippen LogP contribution in [0.15, 0.2) is 23.3 Å². The molecule has 0 amide bonds. The molecule has 74 valence electrons. The van der Waals surface area contributed by atoms with Gasteiger partial charge in [-0.2, -0.15) is 0 Å². The molecule has 0 unspecified atom stereocenters. The minimum atomic E-state index is -0.0782. The molecule has 1 N–H and O–H groups in total. The van der Waals surface area contributed by atoms with Gasteiger partial charge in [0.05, 0.1) is 12.1 Å². The van der Waals surface area contributed by atoms with Crippen molar-refractivity contribution in [3.63, 3.8) is 0 Å². The first-order chi connectivity index (χ1) is 7.27. The third-order valence-electron chi connectivity index (χ3n) is 1.60. The molecule has 1 aromatic carbocycles. The lowest BCUT2D eigenvalue weighted by molar-refractivity contribution is 0.112. The Labute approximate surface area is 86.0 Å². The summed E-state index contributed by atoms with van der Waals surface area (Å²) in [6.45, 7) is 0.0772. The average Bonchev–Trinajstić information content (AvgIpc) is 2.26. The molecule has 0 saturated heterocycles. The van der Waals surface area contributed by atoms with Gasteiger partial charge >= 0.3 is 0 Å². The second-order valence-corrected chi connectivity index (χ2v) is 2.58. The molecule has 0 heterocycles. The number of carbonyl (C=O) groups is 1. The molecule has 15 heavy (non-hydrogen) atoms. The lowest BCUT2D eigenvalue weighted by atomic mass is 10.1. The highest BCUT2D eigenvalue weighted by Crippen LogP contribution is 2.15. The van der Waals surface area contributed by atoms with Gasteiger partial charge in [0, 0.05) is 10.5 Å². The molecule has 0 spiro atoms. The first-order valence-electron chi connectivity index (χ1n) is 4.06. The number of nitrogens with zero attached hydrogens (tertiary/aromatic N) is 3. The van der Waals surface area contributed by atoms with Crippen molar-refractivity contribution in [2.75, 3.05) is 6.54 Å². The van der Waals surface area contributed by atoms with Crippen molar-refractivity contribution in [3.8, 4) is 17.6 Å². The molecule has 0 aliphatic rings. The molecule has 0 aliphatic heterocycles. The van der Waals surface area contributed by atoms with E-state index >= 15 is 0 Å². The first-order valence-corrected chi connectivity index (χ1v) is 4.06. The van der Waals surface area contributed by atoms with Gasteiger partial charge in [0.2, 0.25) is 0 Å². The Morgan fingerprint density at radius 3 is 3.07 bits per heavy atom. The molecule has 0 radical (unpaired) electrons. The van der Waals surface area contributed by atoms with Gasteiger partial charge in [-0.25, -0.2) is 0 Å².